The molecular formula is C56H73ClN8O6S. The quantitative estimate of drug-likeness (QED) is 0.0861. The highest BCUT2D eigenvalue weighted by Gasteiger charge is 2.64. The fourth-order valence-corrected chi connectivity index (χ4v) is 12.4. The first-order valence-electron chi connectivity index (χ1n) is 25.2. The van der Waals surface area contributed by atoms with Gasteiger partial charge in [-0.15, -0.1) is 11.3 Å². The lowest BCUT2D eigenvalue weighted by atomic mass is 9.49. The average molecular weight is 1020 g/mol. The summed E-state index contributed by atoms with van der Waals surface area (Å²) in [5.41, 5.74) is 5.49. The number of rotatable bonds is 16. The van der Waals surface area contributed by atoms with Gasteiger partial charge in [-0.25, -0.2) is 4.98 Å². The minimum Gasteiger partial charge on any atom is -0.489 e. The van der Waals surface area contributed by atoms with Gasteiger partial charge in [0.05, 0.1) is 45.4 Å². The minimum atomic E-state index is -0.916. The van der Waals surface area contributed by atoms with Gasteiger partial charge < -0.3 is 30.7 Å². The van der Waals surface area contributed by atoms with Gasteiger partial charge >= 0.3 is 0 Å². The molecule has 0 bridgehead atoms. The highest BCUT2D eigenvalue weighted by atomic mass is 35.5. The maximum Gasteiger partial charge on any atom is 0.251 e. The van der Waals surface area contributed by atoms with Gasteiger partial charge in [-0.3, -0.25) is 29.0 Å². The van der Waals surface area contributed by atoms with E-state index in [-0.39, 0.29) is 84.2 Å². The number of halogens is 1. The van der Waals surface area contributed by atoms with Crippen molar-refractivity contribution in [2.24, 2.45) is 16.2 Å². The Morgan fingerprint density at radius 3 is 2.21 bits per heavy atom. The molecule has 386 valence electrons. The molecule has 1 saturated carbocycles. The lowest BCUT2D eigenvalue weighted by Gasteiger charge is -2.63. The molecular weight excluding hydrogens is 948 g/mol. The predicted molar refractivity (Wildman–Crippen MR) is 283 cm³/mol. The first-order valence-corrected chi connectivity index (χ1v) is 26.5. The van der Waals surface area contributed by atoms with Crippen LogP contribution in [-0.2, 0) is 20.8 Å². The number of nitrogens with one attached hydrogen (secondary N) is 3. The largest absolute Gasteiger partial charge is 0.489 e. The molecule has 7 rings (SSSR count). The number of hydrogen-bond donors (Lipinski definition) is 4. The first-order chi connectivity index (χ1) is 33.9. The summed E-state index contributed by atoms with van der Waals surface area (Å²) >= 11 is 7.85. The fraction of sp³-hybridized carbons (Fsp3) is 0.536. The molecule has 3 heterocycles. The van der Waals surface area contributed by atoms with Crippen molar-refractivity contribution in [2.45, 2.75) is 144 Å². The van der Waals surface area contributed by atoms with Crippen molar-refractivity contribution in [1.82, 2.24) is 35.6 Å². The number of aliphatic hydroxyl groups is 1. The molecule has 16 heteroatoms. The second kappa shape index (κ2) is 22.0. The van der Waals surface area contributed by atoms with Crippen molar-refractivity contribution in [3.63, 3.8) is 0 Å². The van der Waals surface area contributed by atoms with Crippen LogP contribution in [0.15, 0.2) is 72.2 Å². The molecule has 3 aliphatic rings. The second-order valence-corrected chi connectivity index (χ2v) is 23.9. The van der Waals surface area contributed by atoms with Crippen LogP contribution in [-0.4, -0.2) is 124 Å². The van der Waals surface area contributed by atoms with E-state index in [4.69, 9.17) is 16.3 Å². The average Bonchev–Trinajstić information content (AvgIpc) is 3.95. The number of benzene rings is 3. The van der Waals surface area contributed by atoms with Crippen LogP contribution in [0.4, 0.5) is 0 Å². The Morgan fingerprint density at radius 2 is 1.60 bits per heavy atom. The topological polar surface area (TPSA) is 180 Å². The third-order valence-corrected chi connectivity index (χ3v) is 16.5. The summed E-state index contributed by atoms with van der Waals surface area (Å²) in [7, 11) is 0. The van der Waals surface area contributed by atoms with E-state index in [0.29, 0.717) is 28.4 Å². The summed E-state index contributed by atoms with van der Waals surface area (Å²) in [6.07, 6.45) is 0.833. The second-order valence-electron chi connectivity index (χ2n) is 22.6. The molecule has 14 nitrogen and oxygen atoms in total. The number of aryl methyl sites for hydroxylation is 2. The van der Waals surface area contributed by atoms with Crippen molar-refractivity contribution in [1.29, 1.82) is 5.26 Å². The number of amides is 4. The Morgan fingerprint density at radius 1 is 0.944 bits per heavy atom. The summed E-state index contributed by atoms with van der Waals surface area (Å²) in [6.45, 7) is 24.7. The molecule has 4 amide bonds. The van der Waals surface area contributed by atoms with Crippen LogP contribution < -0.4 is 20.7 Å². The normalized spacial score (nSPS) is 23.8. The number of β-amino-alcohol motifs (C(OH)–C–C–N with tert-alkyl or cyclic N) is 1. The highest BCUT2D eigenvalue weighted by molar-refractivity contribution is 7.13. The Hall–Kier alpha value is -5.37. The van der Waals surface area contributed by atoms with Crippen molar-refractivity contribution in [3.05, 3.63) is 105 Å². The number of piperazine rings is 1. The van der Waals surface area contributed by atoms with Crippen LogP contribution in [0.3, 0.4) is 0 Å². The Balaban J connectivity index is 0.864. The lowest BCUT2D eigenvalue weighted by molar-refractivity contribution is -0.164. The molecule has 1 unspecified atom stereocenters. The molecule has 6 atom stereocenters. The number of aromatic nitrogens is 1. The summed E-state index contributed by atoms with van der Waals surface area (Å²) in [6, 6.07) is 21.0. The fourth-order valence-electron chi connectivity index (χ4n) is 11.3. The van der Waals surface area contributed by atoms with E-state index >= 15 is 0 Å². The number of hydrogen-bond acceptors (Lipinski definition) is 11. The van der Waals surface area contributed by atoms with Gasteiger partial charge in [0.15, 0.2) is 0 Å². The molecule has 0 radical (unpaired) electrons. The number of carbonyl (C=O) groups excluding carboxylic acids is 4. The third kappa shape index (κ3) is 12.0. The molecule has 1 aliphatic carbocycles. The van der Waals surface area contributed by atoms with Crippen molar-refractivity contribution in [3.8, 4) is 22.3 Å². The Labute approximate surface area is 434 Å². The van der Waals surface area contributed by atoms with E-state index in [1.807, 2.05) is 88.7 Å². The molecule has 3 fully saturated rings. The van der Waals surface area contributed by atoms with E-state index in [2.05, 4.69) is 78.3 Å². The zero-order chi connectivity index (χ0) is 52.4. The van der Waals surface area contributed by atoms with Crippen LogP contribution in [0.25, 0.3) is 10.4 Å². The molecule has 2 aliphatic heterocycles. The monoisotopic (exact) mass is 1020 g/mol. The molecule has 3 aromatic carbocycles. The maximum atomic E-state index is 14.4. The molecule has 0 spiro atoms. The van der Waals surface area contributed by atoms with Crippen molar-refractivity contribution in [2.75, 3.05) is 32.7 Å². The number of carbonyl (C=O) groups is 4. The smallest absolute Gasteiger partial charge is 0.251 e. The van der Waals surface area contributed by atoms with Gasteiger partial charge in [-0.1, -0.05) is 96.5 Å². The zero-order valence-corrected chi connectivity index (χ0v) is 45.3. The number of likely N-dealkylation sites (tertiary alicyclic amines) is 1. The summed E-state index contributed by atoms with van der Waals surface area (Å²) in [5, 5.41) is 29.8. The van der Waals surface area contributed by atoms with E-state index in [0.717, 1.165) is 53.2 Å². The number of aliphatic hydroxyl groups excluding tert-OH is 1. The highest BCUT2D eigenvalue weighted by Crippen LogP contribution is 2.55. The molecule has 72 heavy (non-hydrogen) atoms. The Bertz CT molecular complexity index is 2630. The van der Waals surface area contributed by atoms with Crippen LogP contribution in [0.5, 0.6) is 5.75 Å². The zero-order valence-electron chi connectivity index (χ0n) is 43.7. The number of nitriles is 1. The minimum absolute atomic E-state index is 0.00551. The molecule has 1 aromatic heterocycles. The number of thiazole rings is 1. The van der Waals surface area contributed by atoms with Crippen LogP contribution in [0.1, 0.15) is 121 Å². The molecule has 4 N–H and O–H groups in total. The lowest BCUT2D eigenvalue weighted by Crippen LogP contribution is -2.74. The van der Waals surface area contributed by atoms with Gasteiger partial charge in [0.1, 0.15) is 30.0 Å². The molecule has 4 aromatic rings. The van der Waals surface area contributed by atoms with Gasteiger partial charge in [-0.2, -0.15) is 5.26 Å². The van der Waals surface area contributed by atoms with Gasteiger partial charge in [-0.05, 0) is 93.5 Å². The van der Waals surface area contributed by atoms with E-state index in [1.54, 1.807) is 29.5 Å². The standard InChI is InChI=1S/C56H73ClN8O6S/c1-33-29-64(31-46(67)61-48(54(5,6)7)51(70)65-30-42(66)25-45(65)50(69)60-35(3)38-18-20-39(21-19-38)47-36(4)59-32-72-47)34(2)28-63(33)24-12-13-37-14-16-40(17-15-37)49(68)62-52-55(8,9)53(56(52,10)11)71-43-23-22-41(27-58)44(57)26-43/h14-23,26,32-35,42,45,48,52-53,66H,12-13,24-25,28-31H2,1-11H3,(H,60,69)(H,61,67)(H,62,68)/t33-,34+,35-,42+,45?,48+,52-,53-/m0/s1. The SMILES string of the molecule is Cc1ncsc1-c1ccc([C@H](C)NC(=O)C2C[C@@H](O)CN2C(=O)[C@@H](NC(=O)CN2C[C@H](C)N(CCCc3ccc(C(=O)N[C@H]4C(C)(C)[C@H](Oc5ccc(C#N)c(Cl)c5)C4(C)C)cc3)C[C@H]2C)C(C)(C)C)cc1. The third-order valence-electron chi connectivity index (χ3n) is 15.2. The van der Waals surface area contributed by atoms with E-state index in [1.165, 1.54) is 4.90 Å². The van der Waals surface area contributed by atoms with Crippen LogP contribution in [0, 0.1) is 34.5 Å². The summed E-state index contributed by atoms with van der Waals surface area (Å²) in [4.78, 5) is 67.1. The number of nitrogens with zero attached hydrogens (tertiary/aromatic N) is 5. The van der Waals surface area contributed by atoms with Crippen molar-refractivity contribution < 1.29 is 29.0 Å². The maximum absolute atomic E-state index is 14.4. The number of ether oxygens (including phenoxy) is 1. The van der Waals surface area contributed by atoms with E-state index < -0.39 is 23.6 Å². The summed E-state index contributed by atoms with van der Waals surface area (Å²) in [5.74, 6) is -0.535. The predicted octanol–water partition coefficient (Wildman–Crippen LogP) is 7.95. The van der Waals surface area contributed by atoms with Crippen molar-refractivity contribution >= 4 is 46.6 Å². The van der Waals surface area contributed by atoms with Gasteiger partial charge in [0, 0.05) is 66.6 Å². The van der Waals surface area contributed by atoms with Gasteiger partial charge in [0.2, 0.25) is 17.7 Å². The first kappa shape index (κ1) is 54.4. The Kier molecular flexibility index (Phi) is 16.6. The van der Waals surface area contributed by atoms with E-state index in [9.17, 15) is 29.5 Å². The van der Waals surface area contributed by atoms with Gasteiger partial charge in [0.25, 0.3) is 5.91 Å². The van der Waals surface area contributed by atoms with Crippen LogP contribution in [0.2, 0.25) is 5.02 Å². The molecule has 2 saturated heterocycles. The summed E-state index contributed by atoms with van der Waals surface area (Å²) < 4.78 is 6.39. The van der Waals surface area contributed by atoms with Crippen LogP contribution >= 0.6 is 22.9 Å².